The Labute approximate surface area is 164 Å². The summed E-state index contributed by atoms with van der Waals surface area (Å²) in [6, 6.07) is 10.2. The van der Waals surface area contributed by atoms with E-state index in [4.69, 9.17) is 4.74 Å². The number of hydrogen-bond donors (Lipinski definition) is 1. The van der Waals surface area contributed by atoms with E-state index in [0.29, 0.717) is 18.9 Å². The topological polar surface area (TPSA) is 38.3 Å². The summed E-state index contributed by atoms with van der Waals surface area (Å²) < 4.78 is 5.76. The van der Waals surface area contributed by atoms with Gasteiger partial charge in [-0.3, -0.25) is 4.79 Å². The second kappa shape index (κ2) is 16.0. The third-order valence-corrected chi connectivity index (χ3v) is 5.06. The zero-order chi connectivity index (χ0) is 18.9. The van der Waals surface area contributed by atoms with Gasteiger partial charge in [-0.05, 0) is 35.8 Å². The van der Waals surface area contributed by atoms with E-state index in [1.54, 1.807) is 11.8 Å². The quantitative estimate of drug-likeness (QED) is 0.409. The highest BCUT2D eigenvalue weighted by molar-refractivity contribution is 8.02. The Bertz CT molecular complexity index is 490. The molecule has 0 radical (unpaired) electrons. The molecule has 0 spiro atoms. The maximum Gasteiger partial charge on any atom is 0.220 e. The first-order valence-corrected chi connectivity index (χ1v) is 11.0. The van der Waals surface area contributed by atoms with E-state index in [2.05, 4.69) is 42.8 Å². The summed E-state index contributed by atoms with van der Waals surface area (Å²) in [5, 5.41) is 5.03. The molecular formula is C22H35NO2S. The zero-order valence-electron chi connectivity index (χ0n) is 16.4. The summed E-state index contributed by atoms with van der Waals surface area (Å²) in [5.41, 5.74) is 1.18. The van der Waals surface area contributed by atoms with E-state index in [9.17, 15) is 4.79 Å². The molecule has 1 atom stereocenters. The maximum atomic E-state index is 11.8. The molecule has 1 aromatic carbocycles. The Morgan fingerprint density at radius 2 is 2.04 bits per heavy atom. The van der Waals surface area contributed by atoms with Crippen molar-refractivity contribution in [1.29, 1.82) is 0 Å². The highest BCUT2D eigenvalue weighted by Gasteiger charge is 2.05. The number of carbonyl (C=O) groups is 1. The van der Waals surface area contributed by atoms with Crippen LogP contribution < -0.4 is 5.32 Å². The molecule has 4 heteroatoms. The van der Waals surface area contributed by atoms with Crippen molar-refractivity contribution in [1.82, 2.24) is 5.32 Å². The second-order valence-corrected chi connectivity index (χ2v) is 7.54. The van der Waals surface area contributed by atoms with Crippen molar-refractivity contribution < 1.29 is 9.53 Å². The lowest BCUT2D eigenvalue weighted by molar-refractivity contribution is -0.120. The number of hydrogen-bond acceptors (Lipinski definition) is 3. The van der Waals surface area contributed by atoms with Gasteiger partial charge in [0.2, 0.25) is 5.91 Å². The number of ether oxygens (including phenoxy) is 1. The van der Waals surface area contributed by atoms with Gasteiger partial charge < -0.3 is 10.1 Å². The lowest BCUT2D eigenvalue weighted by atomic mass is 10.0. The van der Waals surface area contributed by atoms with Crippen LogP contribution in [0.25, 0.3) is 6.08 Å². The van der Waals surface area contributed by atoms with Gasteiger partial charge in [0.1, 0.15) is 0 Å². The molecule has 0 aromatic heterocycles. The summed E-state index contributed by atoms with van der Waals surface area (Å²) in [6.45, 7) is 6.76. The minimum atomic E-state index is 0.125. The number of thioether (sulfide) groups is 1. The molecule has 0 bridgehead atoms. The Balaban J connectivity index is 1.96. The average molecular weight is 378 g/mol. The van der Waals surface area contributed by atoms with Crippen LogP contribution in [0.4, 0.5) is 0 Å². The molecule has 0 aliphatic rings. The Morgan fingerprint density at radius 3 is 2.77 bits per heavy atom. The van der Waals surface area contributed by atoms with Gasteiger partial charge in [0, 0.05) is 31.9 Å². The molecule has 1 unspecified atom stereocenters. The molecule has 0 heterocycles. The fraction of sp³-hybridized carbons (Fsp3) is 0.591. The van der Waals surface area contributed by atoms with E-state index in [0.717, 1.165) is 25.4 Å². The standard InChI is InChI=1S/C22H35NO2S/c1-3-5-10-20(4-2)19-25-16-9-15-23-22(24)14-18-26-17-13-21-11-7-6-8-12-21/h6-8,11-13,17,20H,3-5,9-10,14-16,18-19H2,1-2H3,(H,23,24)/b17-13+. The summed E-state index contributed by atoms with van der Waals surface area (Å²) in [4.78, 5) is 11.8. The highest BCUT2D eigenvalue weighted by atomic mass is 32.2. The monoisotopic (exact) mass is 377 g/mol. The minimum absolute atomic E-state index is 0.125. The summed E-state index contributed by atoms with van der Waals surface area (Å²) >= 11 is 1.67. The van der Waals surface area contributed by atoms with Gasteiger partial charge in [-0.1, -0.05) is 63.4 Å². The van der Waals surface area contributed by atoms with E-state index in [-0.39, 0.29) is 5.91 Å². The van der Waals surface area contributed by atoms with E-state index < -0.39 is 0 Å². The van der Waals surface area contributed by atoms with Crippen molar-refractivity contribution in [2.45, 2.75) is 52.4 Å². The van der Waals surface area contributed by atoms with E-state index in [1.807, 2.05) is 18.2 Å². The minimum Gasteiger partial charge on any atom is -0.381 e. The first kappa shape index (κ1) is 22.8. The third kappa shape index (κ3) is 12.2. The van der Waals surface area contributed by atoms with Crippen LogP contribution in [0.1, 0.15) is 57.9 Å². The third-order valence-electron chi connectivity index (χ3n) is 4.29. The molecule has 0 aliphatic carbocycles. The molecular weight excluding hydrogens is 342 g/mol. The van der Waals surface area contributed by atoms with Gasteiger partial charge in [-0.15, -0.1) is 11.8 Å². The Kier molecular flexibility index (Phi) is 14.0. The predicted molar refractivity (Wildman–Crippen MR) is 114 cm³/mol. The van der Waals surface area contributed by atoms with Crippen LogP contribution in [0, 0.1) is 5.92 Å². The van der Waals surface area contributed by atoms with Gasteiger partial charge in [0.15, 0.2) is 0 Å². The first-order chi connectivity index (χ1) is 12.8. The van der Waals surface area contributed by atoms with Gasteiger partial charge in [0.05, 0.1) is 0 Å². The number of carbonyl (C=O) groups excluding carboxylic acids is 1. The van der Waals surface area contributed by atoms with Crippen molar-refractivity contribution in [3.05, 3.63) is 41.3 Å². The molecule has 0 fully saturated rings. The smallest absolute Gasteiger partial charge is 0.220 e. The van der Waals surface area contributed by atoms with Gasteiger partial charge >= 0.3 is 0 Å². The fourth-order valence-corrected chi connectivity index (χ4v) is 3.24. The van der Waals surface area contributed by atoms with Crippen LogP contribution in [0.15, 0.2) is 35.7 Å². The number of rotatable bonds is 15. The molecule has 0 saturated heterocycles. The van der Waals surface area contributed by atoms with E-state index in [1.165, 1.54) is 31.2 Å². The largest absolute Gasteiger partial charge is 0.381 e. The van der Waals surface area contributed by atoms with Crippen molar-refractivity contribution >= 4 is 23.7 Å². The number of unbranched alkanes of at least 4 members (excludes halogenated alkanes) is 1. The van der Waals surface area contributed by atoms with Crippen molar-refractivity contribution in [2.75, 3.05) is 25.5 Å². The number of amides is 1. The molecule has 146 valence electrons. The van der Waals surface area contributed by atoms with Gasteiger partial charge in [-0.2, -0.15) is 0 Å². The predicted octanol–water partition coefficient (Wildman–Crippen LogP) is 5.52. The summed E-state index contributed by atoms with van der Waals surface area (Å²) in [7, 11) is 0. The zero-order valence-corrected chi connectivity index (χ0v) is 17.2. The Hall–Kier alpha value is -1.26. The SMILES string of the molecule is CCCCC(CC)COCCCNC(=O)CCS/C=C/c1ccccc1. The first-order valence-electron chi connectivity index (χ1n) is 9.93. The molecule has 3 nitrogen and oxygen atoms in total. The highest BCUT2D eigenvalue weighted by Crippen LogP contribution is 2.13. The van der Waals surface area contributed by atoms with Crippen LogP contribution >= 0.6 is 11.8 Å². The average Bonchev–Trinajstić information content (AvgIpc) is 2.67. The number of nitrogens with one attached hydrogen (secondary N) is 1. The summed E-state index contributed by atoms with van der Waals surface area (Å²) in [6.07, 6.45) is 8.51. The van der Waals surface area contributed by atoms with Crippen molar-refractivity contribution in [3.8, 4) is 0 Å². The van der Waals surface area contributed by atoms with Gasteiger partial charge in [0.25, 0.3) is 0 Å². The second-order valence-electron chi connectivity index (χ2n) is 6.53. The van der Waals surface area contributed by atoms with Gasteiger partial charge in [-0.25, -0.2) is 0 Å². The van der Waals surface area contributed by atoms with E-state index >= 15 is 0 Å². The molecule has 1 aromatic rings. The molecule has 1 rings (SSSR count). The molecule has 1 amide bonds. The lowest BCUT2D eigenvalue weighted by Gasteiger charge is -2.14. The molecule has 0 aliphatic heterocycles. The molecule has 0 saturated carbocycles. The normalized spacial score (nSPS) is 12.4. The molecule has 1 N–H and O–H groups in total. The van der Waals surface area contributed by atoms with Crippen molar-refractivity contribution in [3.63, 3.8) is 0 Å². The maximum absolute atomic E-state index is 11.8. The summed E-state index contributed by atoms with van der Waals surface area (Å²) in [5.74, 6) is 1.62. The van der Waals surface area contributed by atoms with Crippen LogP contribution in [0.3, 0.4) is 0 Å². The van der Waals surface area contributed by atoms with Crippen molar-refractivity contribution in [2.24, 2.45) is 5.92 Å². The fourth-order valence-electron chi connectivity index (χ4n) is 2.55. The van der Waals surface area contributed by atoms with Crippen LogP contribution in [0.5, 0.6) is 0 Å². The number of benzene rings is 1. The van der Waals surface area contributed by atoms with Crippen LogP contribution in [-0.4, -0.2) is 31.4 Å². The Morgan fingerprint density at radius 1 is 1.23 bits per heavy atom. The molecule has 26 heavy (non-hydrogen) atoms. The van der Waals surface area contributed by atoms with Crippen LogP contribution in [-0.2, 0) is 9.53 Å². The van der Waals surface area contributed by atoms with Crippen LogP contribution in [0.2, 0.25) is 0 Å². The lowest BCUT2D eigenvalue weighted by Crippen LogP contribution is -2.25.